The van der Waals surface area contributed by atoms with Gasteiger partial charge in [0.25, 0.3) is 5.91 Å². The molecule has 4 heteroatoms. The van der Waals surface area contributed by atoms with Crippen LogP contribution in [-0.2, 0) is 0 Å². The molecular weight excluding hydrogens is 316 g/mol. The molecule has 0 aromatic heterocycles. The number of hydrogen-bond donors (Lipinski definition) is 1. The highest BCUT2D eigenvalue weighted by atomic mass is 79.9. The number of halogens is 1. The number of nitrogens with zero attached hydrogens (tertiary/aromatic N) is 1. The fraction of sp³-hybridized carbons (Fsp3) is 0.562. The first-order valence-corrected chi connectivity index (χ1v) is 8.13. The van der Waals surface area contributed by atoms with Crippen molar-refractivity contribution in [1.82, 2.24) is 10.2 Å². The van der Waals surface area contributed by atoms with E-state index in [1.165, 1.54) is 12.8 Å². The highest BCUT2D eigenvalue weighted by molar-refractivity contribution is 9.10. The Kier molecular flexibility index (Phi) is 5.61. The van der Waals surface area contributed by atoms with Gasteiger partial charge < -0.3 is 5.32 Å². The summed E-state index contributed by atoms with van der Waals surface area (Å²) in [5.41, 5.74) is 0.715. The fourth-order valence-electron chi connectivity index (χ4n) is 2.70. The molecule has 110 valence electrons. The molecule has 0 bridgehead atoms. The predicted octanol–water partition coefficient (Wildman–Crippen LogP) is 3.30. The summed E-state index contributed by atoms with van der Waals surface area (Å²) in [7, 11) is 0. The largest absolute Gasteiger partial charge is 0.350 e. The van der Waals surface area contributed by atoms with Gasteiger partial charge in [0.2, 0.25) is 0 Å². The minimum absolute atomic E-state index is 0.00871. The number of piperidine rings is 1. The number of amides is 1. The lowest BCUT2D eigenvalue weighted by Crippen LogP contribution is -2.46. The maximum absolute atomic E-state index is 12.1. The molecule has 20 heavy (non-hydrogen) atoms. The molecular formula is C16H23BrN2O. The Morgan fingerprint density at radius 3 is 2.80 bits per heavy atom. The number of likely N-dealkylation sites (tertiary alicyclic amines) is 1. The molecule has 2 rings (SSSR count). The molecule has 0 unspecified atom stereocenters. The SMILES string of the molecule is C[C@@H]1CCCN([C@H](C)CNC(=O)c2ccc(Br)cc2)C1. The van der Waals surface area contributed by atoms with Crippen LogP contribution in [-0.4, -0.2) is 36.5 Å². The van der Waals surface area contributed by atoms with Crippen LogP contribution in [0.25, 0.3) is 0 Å². The summed E-state index contributed by atoms with van der Waals surface area (Å²) in [5.74, 6) is 0.780. The van der Waals surface area contributed by atoms with Gasteiger partial charge in [0.15, 0.2) is 0 Å². The Hall–Kier alpha value is -0.870. The summed E-state index contributed by atoms with van der Waals surface area (Å²) in [4.78, 5) is 14.5. The second-order valence-corrected chi connectivity index (χ2v) is 6.72. The topological polar surface area (TPSA) is 32.3 Å². The third kappa shape index (κ3) is 4.32. The molecule has 0 spiro atoms. The first kappa shape index (κ1) is 15.5. The van der Waals surface area contributed by atoms with Crippen molar-refractivity contribution in [2.75, 3.05) is 19.6 Å². The van der Waals surface area contributed by atoms with Crippen LogP contribution >= 0.6 is 15.9 Å². The molecule has 1 N–H and O–H groups in total. The number of carbonyl (C=O) groups is 1. The van der Waals surface area contributed by atoms with E-state index in [0.29, 0.717) is 18.2 Å². The van der Waals surface area contributed by atoms with Gasteiger partial charge in [-0.05, 0) is 56.5 Å². The highest BCUT2D eigenvalue weighted by Gasteiger charge is 2.21. The summed E-state index contributed by atoms with van der Waals surface area (Å²) < 4.78 is 0.990. The van der Waals surface area contributed by atoms with Crippen molar-refractivity contribution in [3.05, 3.63) is 34.3 Å². The second kappa shape index (κ2) is 7.23. The third-order valence-corrected chi connectivity index (χ3v) is 4.50. The molecule has 1 heterocycles. The predicted molar refractivity (Wildman–Crippen MR) is 85.9 cm³/mol. The van der Waals surface area contributed by atoms with Gasteiger partial charge >= 0.3 is 0 Å². The maximum Gasteiger partial charge on any atom is 0.251 e. The first-order valence-electron chi connectivity index (χ1n) is 7.34. The molecule has 0 aliphatic carbocycles. The molecule has 1 aromatic carbocycles. The number of carbonyl (C=O) groups excluding carboxylic acids is 1. The van der Waals surface area contributed by atoms with Crippen molar-refractivity contribution in [3.8, 4) is 0 Å². The zero-order valence-corrected chi connectivity index (χ0v) is 13.8. The van der Waals surface area contributed by atoms with Crippen molar-refractivity contribution in [2.24, 2.45) is 5.92 Å². The van der Waals surface area contributed by atoms with Crippen molar-refractivity contribution < 1.29 is 4.79 Å². The van der Waals surface area contributed by atoms with Crippen LogP contribution < -0.4 is 5.32 Å². The first-order chi connectivity index (χ1) is 9.56. The molecule has 0 radical (unpaired) electrons. The van der Waals surface area contributed by atoms with Crippen molar-refractivity contribution in [1.29, 1.82) is 0 Å². The average Bonchev–Trinajstić information content (AvgIpc) is 2.45. The van der Waals surface area contributed by atoms with E-state index in [-0.39, 0.29) is 5.91 Å². The van der Waals surface area contributed by atoms with Gasteiger partial charge in [0, 0.05) is 29.2 Å². The highest BCUT2D eigenvalue weighted by Crippen LogP contribution is 2.17. The van der Waals surface area contributed by atoms with Crippen molar-refractivity contribution in [3.63, 3.8) is 0 Å². The molecule has 1 amide bonds. The minimum Gasteiger partial charge on any atom is -0.350 e. The van der Waals surface area contributed by atoms with Crippen LogP contribution in [0.1, 0.15) is 37.0 Å². The zero-order valence-electron chi connectivity index (χ0n) is 12.2. The van der Waals surface area contributed by atoms with E-state index in [4.69, 9.17) is 0 Å². The molecule has 0 saturated carbocycles. The summed E-state index contributed by atoms with van der Waals surface area (Å²) in [6.07, 6.45) is 2.60. The Balaban J connectivity index is 1.82. The minimum atomic E-state index is 0.00871. The Labute approximate surface area is 129 Å². The van der Waals surface area contributed by atoms with E-state index in [0.717, 1.165) is 23.5 Å². The van der Waals surface area contributed by atoms with Crippen LogP contribution in [0, 0.1) is 5.92 Å². The molecule has 1 aromatic rings. The normalized spacial score (nSPS) is 21.4. The van der Waals surface area contributed by atoms with Crippen molar-refractivity contribution >= 4 is 21.8 Å². The summed E-state index contributed by atoms with van der Waals surface area (Å²) in [6.45, 7) is 7.51. The van der Waals surface area contributed by atoms with Gasteiger partial charge in [-0.1, -0.05) is 22.9 Å². The van der Waals surface area contributed by atoms with Gasteiger partial charge in [-0.2, -0.15) is 0 Å². The fourth-order valence-corrected chi connectivity index (χ4v) is 2.96. The number of benzene rings is 1. The molecule has 1 fully saturated rings. The molecule has 1 aliphatic rings. The molecule has 2 atom stereocenters. The summed E-state index contributed by atoms with van der Waals surface area (Å²) in [5, 5.41) is 3.03. The van der Waals surface area contributed by atoms with E-state index in [2.05, 4.69) is 40.0 Å². The van der Waals surface area contributed by atoms with Gasteiger partial charge in [-0.25, -0.2) is 0 Å². The number of rotatable bonds is 4. The Bertz CT molecular complexity index is 446. The molecule has 3 nitrogen and oxygen atoms in total. The molecule has 1 saturated heterocycles. The van der Waals surface area contributed by atoms with Gasteiger partial charge in [-0.3, -0.25) is 9.69 Å². The summed E-state index contributed by atoms with van der Waals surface area (Å²) in [6, 6.07) is 7.87. The number of nitrogens with one attached hydrogen (secondary N) is 1. The van der Waals surface area contributed by atoms with E-state index in [1.807, 2.05) is 24.3 Å². The van der Waals surface area contributed by atoms with Gasteiger partial charge in [0.05, 0.1) is 0 Å². The maximum atomic E-state index is 12.1. The van der Waals surface area contributed by atoms with Crippen LogP contribution in [0.5, 0.6) is 0 Å². The van der Waals surface area contributed by atoms with Crippen LogP contribution in [0.4, 0.5) is 0 Å². The third-order valence-electron chi connectivity index (χ3n) is 3.98. The van der Waals surface area contributed by atoms with Crippen LogP contribution in [0.15, 0.2) is 28.7 Å². The summed E-state index contributed by atoms with van der Waals surface area (Å²) >= 11 is 3.38. The lowest BCUT2D eigenvalue weighted by Gasteiger charge is -2.35. The van der Waals surface area contributed by atoms with E-state index >= 15 is 0 Å². The van der Waals surface area contributed by atoms with E-state index in [1.54, 1.807) is 0 Å². The van der Waals surface area contributed by atoms with E-state index in [9.17, 15) is 4.79 Å². The Morgan fingerprint density at radius 2 is 2.15 bits per heavy atom. The average molecular weight is 339 g/mol. The zero-order chi connectivity index (χ0) is 14.5. The lowest BCUT2D eigenvalue weighted by atomic mass is 9.99. The molecule has 1 aliphatic heterocycles. The van der Waals surface area contributed by atoms with Gasteiger partial charge in [-0.15, -0.1) is 0 Å². The Morgan fingerprint density at radius 1 is 1.45 bits per heavy atom. The van der Waals surface area contributed by atoms with Gasteiger partial charge in [0.1, 0.15) is 0 Å². The van der Waals surface area contributed by atoms with Crippen molar-refractivity contribution in [2.45, 2.75) is 32.7 Å². The quantitative estimate of drug-likeness (QED) is 0.913. The van der Waals surface area contributed by atoms with E-state index < -0.39 is 0 Å². The standard InChI is InChI=1S/C16H23BrN2O/c1-12-4-3-9-19(11-12)13(2)10-18-16(20)14-5-7-15(17)8-6-14/h5-8,12-13H,3-4,9-11H2,1-2H3,(H,18,20)/t12-,13-/m1/s1. The smallest absolute Gasteiger partial charge is 0.251 e. The monoisotopic (exact) mass is 338 g/mol. The van der Waals surface area contributed by atoms with Crippen LogP contribution in [0.3, 0.4) is 0 Å². The second-order valence-electron chi connectivity index (χ2n) is 5.81. The lowest BCUT2D eigenvalue weighted by molar-refractivity contribution is 0.0917. The van der Waals surface area contributed by atoms with Crippen LogP contribution in [0.2, 0.25) is 0 Å². The number of hydrogen-bond acceptors (Lipinski definition) is 2.